The number of H-pyrrole nitrogens is 1. The lowest BCUT2D eigenvalue weighted by Crippen LogP contribution is -1.95. The first-order valence-corrected chi connectivity index (χ1v) is 4.53. The lowest BCUT2D eigenvalue weighted by Gasteiger charge is -1.99. The van der Waals surface area contributed by atoms with Crippen LogP contribution in [0.5, 0.6) is 0 Å². The van der Waals surface area contributed by atoms with Gasteiger partial charge in [0.15, 0.2) is 0 Å². The van der Waals surface area contributed by atoms with E-state index < -0.39 is 11.6 Å². The van der Waals surface area contributed by atoms with Crippen LogP contribution in [0.2, 0.25) is 5.28 Å². The van der Waals surface area contributed by atoms with E-state index in [0.717, 1.165) is 6.07 Å². The molecule has 0 fully saturated rings. The molecule has 0 aliphatic rings. The van der Waals surface area contributed by atoms with Crippen LogP contribution in [0.25, 0.3) is 0 Å². The molecular weight excluding hydrogens is 224 g/mol. The molecule has 3 nitrogen and oxygen atoms in total. The Morgan fingerprint density at radius 2 is 2.13 bits per heavy atom. The SMILES string of the molecule is Fc1ccc(Cc2nc(Cl)n[nH]2)c(F)c1. The monoisotopic (exact) mass is 229 g/mol. The van der Waals surface area contributed by atoms with Gasteiger partial charge in [0, 0.05) is 12.5 Å². The van der Waals surface area contributed by atoms with Crippen LogP contribution in [-0.4, -0.2) is 15.2 Å². The third-order valence-electron chi connectivity index (χ3n) is 1.88. The number of hydrogen-bond donors (Lipinski definition) is 1. The average molecular weight is 230 g/mol. The van der Waals surface area contributed by atoms with E-state index in [-0.39, 0.29) is 11.7 Å². The van der Waals surface area contributed by atoms with Crippen molar-refractivity contribution in [2.75, 3.05) is 0 Å². The van der Waals surface area contributed by atoms with Crippen LogP contribution in [0.4, 0.5) is 8.78 Å². The molecule has 0 aliphatic carbocycles. The van der Waals surface area contributed by atoms with E-state index in [0.29, 0.717) is 11.4 Å². The maximum Gasteiger partial charge on any atom is 0.242 e. The highest BCUT2D eigenvalue weighted by Crippen LogP contribution is 2.13. The summed E-state index contributed by atoms with van der Waals surface area (Å²) in [4.78, 5) is 3.81. The number of nitrogens with zero attached hydrogens (tertiary/aromatic N) is 2. The van der Waals surface area contributed by atoms with Crippen molar-refractivity contribution in [1.29, 1.82) is 0 Å². The van der Waals surface area contributed by atoms with Gasteiger partial charge in [-0.25, -0.2) is 13.8 Å². The molecule has 15 heavy (non-hydrogen) atoms. The number of benzene rings is 1. The molecule has 0 unspecified atom stereocenters. The molecule has 2 aromatic rings. The summed E-state index contributed by atoms with van der Waals surface area (Å²) in [6, 6.07) is 3.38. The summed E-state index contributed by atoms with van der Waals surface area (Å²) in [7, 11) is 0. The van der Waals surface area contributed by atoms with Gasteiger partial charge in [-0.05, 0) is 23.2 Å². The van der Waals surface area contributed by atoms with Gasteiger partial charge in [-0.2, -0.15) is 0 Å². The van der Waals surface area contributed by atoms with E-state index >= 15 is 0 Å². The van der Waals surface area contributed by atoms with Crippen LogP contribution in [0.3, 0.4) is 0 Å². The van der Waals surface area contributed by atoms with E-state index in [4.69, 9.17) is 11.6 Å². The quantitative estimate of drug-likeness (QED) is 0.859. The number of aromatic amines is 1. The first-order valence-electron chi connectivity index (χ1n) is 4.16. The largest absolute Gasteiger partial charge is 0.261 e. The fourth-order valence-corrected chi connectivity index (χ4v) is 1.34. The zero-order valence-electron chi connectivity index (χ0n) is 7.47. The predicted molar refractivity (Wildman–Crippen MR) is 50.6 cm³/mol. The van der Waals surface area contributed by atoms with Crippen molar-refractivity contribution in [2.45, 2.75) is 6.42 Å². The first kappa shape index (κ1) is 10.0. The van der Waals surface area contributed by atoms with Gasteiger partial charge in [0.1, 0.15) is 17.5 Å². The van der Waals surface area contributed by atoms with Gasteiger partial charge < -0.3 is 0 Å². The molecule has 2 rings (SSSR count). The maximum absolute atomic E-state index is 13.2. The van der Waals surface area contributed by atoms with Crippen LogP contribution in [-0.2, 0) is 6.42 Å². The molecule has 1 aromatic heterocycles. The summed E-state index contributed by atoms with van der Waals surface area (Å²) in [6.07, 6.45) is 0.200. The van der Waals surface area contributed by atoms with E-state index in [1.54, 1.807) is 0 Å². The van der Waals surface area contributed by atoms with Crippen molar-refractivity contribution >= 4 is 11.6 Å². The highest BCUT2D eigenvalue weighted by Gasteiger charge is 2.07. The Bertz CT molecular complexity index is 484. The molecular formula is C9H6ClF2N3. The second-order valence-corrected chi connectivity index (χ2v) is 3.30. The molecule has 0 aliphatic heterocycles. The van der Waals surface area contributed by atoms with Gasteiger partial charge in [-0.1, -0.05) is 6.07 Å². The van der Waals surface area contributed by atoms with E-state index in [1.807, 2.05) is 0 Å². The van der Waals surface area contributed by atoms with Crippen molar-refractivity contribution in [1.82, 2.24) is 15.2 Å². The molecule has 0 saturated heterocycles. The van der Waals surface area contributed by atoms with Gasteiger partial charge in [0.05, 0.1) is 0 Å². The summed E-state index contributed by atoms with van der Waals surface area (Å²) in [5.74, 6) is -0.778. The summed E-state index contributed by atoms with van der Waals surface area (Å²) >= 11 is 5.48. The molecule has 1 N–H and O–H groups in total. The van der Waals surface area contributed by atoms with Crippen LogP contribution in [0.1, 0.15) is 11.4 Å². The minimum absolute atomic E-state index is 0.0764. The smallest absolute Gasteiger partial charge is 0.242 e. The van der Waals surface area contributed by atoms with Crippen LogP contribution < -0.4 is 0 Å². The molecule has 0 amide bonds. The molecule has 1 heterocycles. The Balaban J connectivity index is 2.24. The maximum atomic E-state index is 13.2. The fraction of sp³-hybridized carbons (Fsp3) is 0.111. The summed E-state index contributed by atoms with van der Waals surface area (Å²) in [5.41, 5.74) is 0.337. The summed E-state index contributed by atoms with van der Waals surface area (Å²) in [5, 5.41) is 6.21. The van der Waals surface area contributed by atoms with Crippen molar-refractivity contribution in [3.63, 3.8) is 0 Å². The third-order valence-corrected chi connectivity index (χ3v) is 2.05. The Kier molecular flexibility index (Phi) is 2.64. The third kappa shape index (κ3) is 2.30. The standard InChI is InChI=1S/C9H6ClF2N3/c10-9-13-8(14-15-9)3-5-1-2-6(11)4-7(5)12/h1-2,4H,3H2,(H,13,14,15). The molecule has 0 spiro atoms. The van der Waals surface area contributed by atoms with Crippen LogP contribution in [0, 0.1) is 11.6 Å². The predicted octanol–water partition coefficient (Wildman–Crippen LogP) is 2.33. The normalized spacial score (nSPS) is 10.6. The van der Waals surface area contributed by atoms with Gasteiger partial charge in [0.2, 0.25) is 5.28 Å². The molecule has 0 radical (unpaired) electrons. The van der Waals surface area contributed by atoms with Crippen molar-refractivity contribution in [3.8, 4) is 0 Å². The topological polar surface area (TPSA) is 41.6 Å². The average Bonchev–Trinajstić information content (AvgIpc) is 2.56. The van der Waals surface area contributed by atoms with Gasteiger partial charge >= 0.3 is 0 Å². The van der Waals surface area contributed by atoms with Crippen LogP contribution in [0.15, 0.2) is 18.2 Å². The van der Waals surface area contributed by atoms with Gasteiger partial charge in [-0.3, -0.25) is 5.10 Å². The number of aromatic nitrogens is 3. The summed E-state index contributed by atoms with van der Waals surface area (Å²) in [6.45, 7) is 0. The Labute approximate surface area is 89.1 Å². The number of rotatable bonds is 2. The van der Waals surface area contributed by atoms with Gasteiger partial charge in [-0.15, -0.1) is 5.10 Å². The lowest BCUT2D eigenvalue weighted by atomic mass is 10.1. The molecule has 1 aromatic carbocycles. The fourth-order valence-electron chi connectivity index (χ4n) is 1.20. The second kappa shape index (κ2) is 3.94. The van der Waals surface area contributed by atoms with E-state index in [9.17, 15) is 8.78 Å². The number of nitrogens with one attached hydrogen (secondary N) is 1. The Morgan fingerprint density at radius 1 is 1.33 bits per heavy atom. The van der Waals surface area contributed by atoms with E-state index in [1.165, 1.54) is 12.1 Å². The van der Waals surface area contributed by atoms with E-state index in [2.05, 4.69) is 15.2 Å². The second-order valence-electron chi connectivity index (χ2n) is 2.96. The Morgan fingerprint density at radius 3 is 2.73 bits per heavy atom. The van der Waals surface area contributed by atoms with Crippen molar-refractivity contribution < 1.29 is 8.78 Å². The first-order chi connectivity index (χ1) is 7.15. The molecule has 78 valence electrons. The number of hydrogen-bond acceptors (Lipinski definition) is 2. The van der Waals surface area contributed by atoms with Crippen molar-refractivity contribution in [2.24, 2.45) is 0 Å². The number of halogens is 3. The molecule has 6 heteroatoms. The van der Waals surface area contributed by atoms with Gasteiger partial charge in [0.25, 0.3) is 0 Å². The minimum atomic E-state index is -0.609. The zero-order chi connectivity index (χ0) is 10.8. The minimum Gasteiger partial charge on any atom is -0.261 e. The highest BCUT2D eigenvalue weighted by atomic mass is 35.5. The Hall–Kier alpha value is -1.49. The van der Waals surface area contributed by atoms with Crippen LogP contribution >= 0.6 is 11.6 Å². The van der Waals surface area contributed by atoms with Crippen molar-refractivity contribution in [3.05, 3.63) is 46.5 Å². The molecule has 0 bridgehead atoms. The zero-order valence-corrected chi connectivity index (χ0v) is 8.22. The molecule has 0 saturated carbocycles. The molecule has 0 atom stereocenters. The highest BCUT2D eigenvalue weighted by molar-refractivity contribution is 6.28. The summed E-state index contributed by atoms with van der Waals surface area (Å²) < 4.78 is 25.8. The lowest BCUT2D eigenvalue weighted by molar-refractivity contribution is 0.573.